The quantitative estimate of drug-likeness (QED) is 0.757. The van der Waals surface area contributed by atoms with E-state index in [1.54, 1.807) is 0 Å². The number of hydrogen-bond acceptors (Lipinski definition) is 2. The van der Waals surface area contributed by atoms with Crippen LogP contribution >= 0.6 is 23.2 Å². The maximum absolute atomic E-state index is 5.83. The van der Waals surface area contributed by atoms with E-state index in [0.717, 1.165) is 17.0 Å². The van der Waals surface area contributed by atoms with Crippen LogP contribution in [-0.4, -0.2) is 9.97 Å². The summed E-state index contributed by atoms with van der Waals surface area (Å²) in [4.78, 5) is 8.33. The summed E-state index contributed by atoms with van der Waals surface area (Å²) in [6.45, 7) is 1.86. The zero-order valence-electron chi connectivity index (χ0n) is 8.04. The van der Waals surface area contributed by atoms with E-state index in [-0.39, 0.29) is 10.3 Å². The molecule has 0 bridgehead atoms. The van der Waals surface area contributed by atoms with Crippen LogP contribution < -0.4 is 0 Å². The highest BCUT2D eigenvalue weighted by molar-refractivity contribution is 6.40. The lowest BCUT2D eigenvalue weighted by Gasteiger charge is -2.05. The van der Waals surface area contributed by atoms with Gasteiger partial charge < -0.3 is 0 Å². The second kappa shape index (κ2) is 4.17. The molecule has 0 aliphatic heterocycles. The SMILES string of the molecule is Cc1nc(Cl)c(Cl)nc1-c1ccccc1. The number of halogens is 2. The maximum Gasteiger partial charge on any atom is 0.167 e. The Bertz CT molecular complexity index is 483. The van der Waals surface area contributed by atoms with Crippen LogP contribution in [0.4, 0.5) is 0 Å². The molecule has 1 aromatic heterocycles. The number of aryl methyl sites for hydroxylation is 1. The molecular weight excluding hydrogens is 231 g/mol. The molecule has 0 saturated heterocycles. The molecule has 0 fully saturated rings. The third-order valence-corrected chi connectivity index (χ3v) is 2.66. The van der Waals surface area contributed by atoms with E-state index in [1.165, 1.54) is 0 Å². The van der Waals surface area contributed by atoms with E-state index >= 15 is 0 Å². The minimum absolute atomic E-state index is 0.237. The van der Waals surface area contributed by atoms with Gasteiger partial charge in [0, 0.05) is 5.56 Å². The molecule has 4 heteroatoms. The Morgan fingerprint density at radius 2 is 1.53 bits per heavy atom. The van der Waals surface area contributed by atoms with Crippen molar-refractivity contribution in [3.05, 3.63) is 46.3 Å². The number of benzene rings is 1. The normalized spacial score (nSPS) is 10.3. The van der Waals surface area contributed by atoms with Gasteiger partial charge in [-0.25, -0.2) is 9.97 Å². The van der Waals surface area contributed by atoms with E-state index in [4.69, 9.17) is 23.2 Å². The van der Waals surface area contributed by atoms with Gasteiger partial charge in [0.15, 0.2) is 10.3 Å². The first-order valence-electron chi connectivity index (χ1n) is 4.43. The Morgan fingerprint density at radius 3 is 2.20 bits per heavy atom. The minimum Gasteiger partial charge on any atom is -0.236 e. The second-order valence-corrected chi connectivity index (χ2v) is 3.82. The zero-order chi connectivity index (χ0) is 10.8. The summed E-state index contributed by atoms with van der Waals surface area (Å²) in [5.41, 5.74) is 2.53. The van der Waals surface area contributed by atoms with Gasteiger partial charge >= 0.3 is 0 Å². The molecule has 0 amide bonds. The average Bonchev–Trinajstić information content (AvgIpc) is 2.25. The van der Waals surface area contributed by atoms with Crippen LogP contribution in [0, 0.1) is 6.92 Å². The standard InChI is InChI=1S/C11H8Cl2N2/c1-7-9(8-5-3-2-4-6-8)15-11(13)10(12)14-7/h2-6H,1H3. The van der Waals surface area contributed by atoms with Crippen molar-refractivity contribution in [3.63, 3.8) is 0 Å². The first kappa shape index (κ1) is 10.4. The van der Waals surface area contributed by atoms with Crippen molar-refractivity contribution < 1.29 is 0 Å². The largest absolute Gasteiger partial charge is 0.236 e. The Labute approximate surface area is 97.9 Å². The summed E-state index contributed by atoms with van der Waals surface area (Å²) in [5, 5.41) is 0.481. The van der Waals surface area contributed by atoms with Crippen LogP contribution in [0.25, 0.3) is 11.3 Å². The third-order valence-electron chi connectivity index (χ3n) is 2.04. The summed E-state index contributed by atoms with van der Waals surface area (Å²) in [6, 6.07) is 9.75. The fourth-order valence-electron chi connectivity index (χ4n) is 1.34. The highest BCUT2D eigenvalue weighted by atomic mass is 35.5. The molecule has 0 atom stereocenters. The van der Waals surface area contributed by atoms with Crippen LogP contribution in [0.15, 0.2) is 30.3 Å². The first-order valence-corrected chi connectivity index (χ1v) is 5.19. The van der Waals surface area contributed by atoms with Crippen molar-refractivity contribution in [1.29, 1.82) is 0 Å². The van der Waals surface area contributed by atoms with Crippen LogP contribution in [-0.2, 0) is 0 Å². The summed E-state index contributed by atoms with van der Waals surface area (Å²) in [7, 11) is 0. The lowest BCUT2D eigenvalue weighted by Crippen LogP contribution is -1.93. The molecule has 2 aromatic rings. The van der Waals surface area contributed by atoms with Crippen LogP contribution in [0.2, 0.25) is 10.3 Å². The monoisotopic (exact) mass is 238 g/mol. The predicted molar refractivity (Wildman–Crippen MR) is 62.2 cm³/mol. The summed E-state index contributed by atoms with van der Waals surface area (Å²) in [6.07, 6.45) is 0. The molecule has 76 valence electrons. The van der Waals surface area contributed by atoms with E-state index in [1.807, 2.05) is 37.3 Å². The first-order chi connectivity index (χ1) is 7.18. The van der Waals surface area contributed by atoms with Gasteiger partial charge in [0.05, 0.1) is 11.4 Å². The summed E-state index contributed by atoms with van der Waals surface area (Å²) >= 11 is 11.6. The summed E-state index contributed by atoms with van der Waals surface area (Å²) < 4.78 is 0. The number of aromatic nitrogens is 2. The zero-order valence-corrected chi connectivity index (χ0v) is 9.55. The van der Waals surface area contributed by atoms with Gasteiger partial charge in [0.25, 0.3) is 0 Å². The predicted octanol–water partition coefficient (Wildman–Crippen LogP) is 3.76. The Kier molecular flexibility index (Phi) is 2.89. The molecule has 0 unspecified atom stereocenters. The fraction of sp³-hybridized carbons (Fsp3) is 0.0909. The van der Waals surface area contributed by atoms with Crippen molar-refractivity contribution in [1.82, 2.24) is 9.97 Å². The molecule has 1 aromatic carbocycles. The molecule has 0 spiro atoms. The number of nitrogens with zero attached hydrogens (tertiary/aromatic N) is 2. The topological polar surface area (TPSA) is 25.8 Å². The van der Waals surface area contributed by atoms with Crippen molar-refractivity contribution in [2.75, 3.05) is 0 Å². The molecule has 0 aliphatic rings. The average molecular weight is 239 g/mol. The molecule has 0 N–H and O–H groups in total. The van der Waals surface area contributed by atoms with Gasteiger partial charge in [0.2, 0.25) is 0 Å². The molecule has 0 saturated carbocycles. The van der Waals surface area contributed by atoms with Gasteiger partial charge in [-0.3, -0.25) is 0 Å². The lowest BCUT2D eigenvalue weighted by atomic mass is 10.1. The van der Waals surface area contributed by atoms with Gasteiger partial charge in [0.1, 0.15) is 0 Å². The molecule has 1 heterocycles. The van der Waals surface area contributed by atoms with Gasteiger partial charge in [-0.05, 0) is 6.92 Å². The molecule has 2 nitrogen and oxygen atoms in total. The second-order valence-electron chi connectivity index (χ2n) is 3.11. The van der Waals surface area contributed by atoms with Crippen LogP contribution in [0.5, 0.6) is 0 Å². The molecule has 0 radical (unpaired) electrons. The molecule has 0 aliphatic carbocycles. The highest BCUT2D eigenvalue weighted by Gasteiger charge is 2.08. The van der Waals surface area contributed by atoms with Crippen molar-refractivity contribution in [3.8, 4) is 11.3 Å². The van der Waals surface area contributed by atoms with Crippen LogP contribution in [0.3, 0.4) is 0 Å². The van der Waals surface area contributed by atoms with Crippen molar-refractivity contribution in [2.45, 2.75) is 6.92 Å². The van der Waals surface area contributed by atoms with E-state index in [9.17, 15) is 0 Å². The van der Waals surface area contributed by atoms with E-state index in [2.05, 4.69) is 9.97 Å². The van der Waals surface area contributed by atoms with Crippen LogP contribution in [0.1, 0.15) is 5.69 Å². The Morgan fingerprint density at radius 1 is 0.933 bits per heavy atom. The highest BCUT2D eigenvalue weighted by Crippen LogP contribution is 2.25. The van der Waals surface area contributed by atoms with E-state index < -0.39 is 0 Å². The van der Waals surface area contributed by atoms with Gasteiger partial charge in [-0.2, -0.15) is 0 Å². The van der Waals surface area contributed by atoms with Gasteiger partial charge in [-0.15, -0.1) is 0 Å². The van der Waals surface area contributed by atoms with Crippen molar-refractivity contribution >= 4 is 23.2 Å². The molecule has 15 heavy (non-hydrogen) atoms. The fourth-order valence-corrected chi connectivity index (χ4v) is 1.64. The van der Waals surface area contributed by atoms with Crippen molar-refractivity contribution in [2.24, 2.45) is 0 Å². The summed E-state index contributed by atoms with van der Waals surface area (Å²) in [5.74, 6) is 0. The third kappa shape index (κ3) is 2.11. The van der Waals surface area contributed by atoms with Gasteiger partial charge in [-0.1, -0.05) is 53.5 Å². The minimum atomic E-state index is 0.237. The Balaban J connectivity index is 2.59. The number of rotatable bonds is 1. The maximum atomic E-state index is 5.83. The number of hydrogen-bond donors (Lipinski definition) is 0. The smallest absolute Gasteiger partial charge is 0.167 e. The molecular formula is C11H8Cl2N2. The molecule has 2 rings (SSSR count). The lowest BCUT2D eigenvalue weighted by molar-refractivity contribution is 1.12. The Hall–Kier alpha value is -1.12. The van der Waals surface area contributed by atoms with E-state index in [0.29, 0.717) is 0 Å².